The van der Waals surface area contributed by atoms with E-state index in [1.165, 1.54) is 6.42 Å². The second-order valence-corrected chi connectivity index (χ2v) is 2.44. The lowest BCUT2D eigenvalue weighted by atomic mass is 10.2. The third-order valence-corrected chi connectivity index (χ3v) is 1.34. The van der Waals surface area contributed by atoms with Crippen molar-refractivity contribution in [2.24, 2.45) is 0 Å². The van der Waals surface area contributed by atoms with Gasteiger partial charge in [-0.25, -0.2) is 0 Å². The fourth-order valence-corrected chi connectivity index (χ4v) is 0.746. The largest absolute Gasteiger partial charge is 0.353 e. The summed E-state index contributed by atoms with van der Waals surface area (Å²) < 4.78 is 0. The fraction of sp³-hybridized carbons (Fsp3) is 0.667. The van der Waals surface area contributed by atoms with Crippen LogP contribution in [0.2, 0.25) is 0 Å². The van der Waals surface area contributed by atoms with Crippen LogP contribution in [0.3, 0.4) is 0 Å². The van der Waals surface area contributed by atoms with Crippen LogP contribution in [-0.2, 0) is 4.79 Å². The van der Waals surface area contributed by atoms with E-state index in [1.807, 2.05) is 13.0 Å². The predicted molar refractivity (Wildman–Crippen MR) is 47.3 cm³/mol. The highest BCUT2D eigenvalue weighted by atomic mass is 16.1. The van der Waals surface area contributed by atoms with Gasteiger partial charge in [-0.2, -0.15) is 0 Å². The Balaban J connectivity index is 3.32. The molecule has 64 valence electrons. The number of carbonyl (C=O) groups excluding carboxylic acids is 1. The second kappa shape index (κ2) is 7.32. The van der Waals surface area contributed by atoms with E-state index in [0.717, 1.165) is 12.8 Å². The number of hydrogen-bond donors (Lipinski definition) is 1. The second-order valence-electron chi connectivity index (χ2n) is 2.44. The molecular weight excluding hydrogens is 138 g/mol. The minimum Gasteiger partial charge on any atom is -0.353 e. The molecule has 0 aromatic rings. The summed E-state index contributed by atoms with van der Waals surface area (Å²) in [4.78, 5) is 10.8. The Labute approximate surface area is 68.7 Å². The van der Waals surface area contributed by atoms with Crippen molar-refractivity contribution < 1.29 is 4.79 Å². The molecule has 0 atom stereocenters. The standard InChI is InChI=1S/C9H17NO/c1-3-5-6-7-8-9(11)10-4-2/h7-8H,3-6H2,1-2H3,(H,10,11). The molecule has 0 saturated carbocycles. The van der Waals surface area contributed by atoms with E-state index < -0.39 is 0 Å². The Kier molecular flexibility index (Phi) is 6.79. The average molecular weight is 155 g/mol. The van der Waals surface area contributed by atoms with Gasteiger partial charge in [-0.1, -0.05) is 25.8 Å². The average Bonchev–Trinajstić information content (AvgIpc) is 1.99. The SMILES string of the molecule is CCCCC=CC(=O)NCC. The highest BCUT2D eigenvalue weighted by molar-refractivity contribution is 5.87. The van der Waals surface area contributed by atoms with Crippen LogP contribution in [0.1, 0.15) is 33.1 Å². The molecule has 0 aliphatic carbocycles. The summed E-state index contributed by atoms with van der Waals surface area (Å²) in [6.07, 6.45) is 6.89. The molecule has 11 heavy (non-hydrogen) atoms. The Hall–Kier alpha value is -0.790. The molecule has 1 amide bonds. The van der Waals surface area contributed by atoms with Gasteiger partial charge in [0, 0.05) is 6.54 Å². The Morgan fingerprint density at radius 3 is 2.73 bits per heavy atom. The Morgan fingerprint density at radius 1 is 1.45 bits per heavy atom. The van der Waals surface area contributed by atoms with Crippen LogP contribution in [0, 0.1) is 0 Å². The minimum absolute atomic E-state index is 0.0172. The van der Waals surface area contributed by atoms with Crippen molar-refractivity contribution in [2.45, 2.75) is 33.1 Å². The normalized spacial score (nSPS) is 10.4. The molecule has 0 unspecified atom stereocenters. The molecule has 2 nitrogen and oxygen atoms in total. The van der Waals surface area contributed by atoms with Crippen LogP contribution >= 0.6 is 0 Å². The van der Waals surface area contributed by atoms with Crippen LogP contribution in [0.15, 0.2) is 12.2 Å². The number of rotatable bonds is 5. The van der Waals surface area contributed by atoms with Crippen molar-refractivity contribution in [1.29, 1.82) is 0 Å². The summed E-state index contributed by atoms with van der Waals surface area (Å²) in [7, 11) is 0. The zero-order valence-corrected chi connectivity index (χ0v) is 7.39. The molecule has 0 bridgehead atoms. The van der Waals surface area contributed by atoms with Crippen LogP contribution in [-0.4, -0.2) is 12.5 Å². The van der Waals surface area contributed by atoms with Crippen LogP contribution in [0.25, 0.3) is 0 Å². The highest BCUT2D eigenvalue weighted by Crippen LogP contribution is 1.94. The Bertz CT molecular complexity index is 130. The predicted octanol–water partition coefficient (Wildman–Crippen LogP) is 1.87. The van der Waals surface area contributed by atoms with Gasteiger partial charge in [-0.15, -0.1) is 0 Å². The van der Waals surface area contributed by atoms with Crippen LogP contribution in [0.4, 0.5) is 0 Å². The van der Waals surface area contributed by atoms with Crippen molar-refractivity contribution in [1.82, 2.24) is 5.32 Å². The molecule has 1 N–H and O–H groups in total. The maximum atomic E-state index is 10.8. The first-order valence-electron chi connectivity index (χ1n) is 4.25. The monoisotopic (exact) mass is 155 g/mol. The van der Waals surface area contributed by atoms with E-state index in [4.69, 9.17) is 0 Å². The molecule has 0 saturated heterocycles. The first-order chi connectivity index (χ1) is 5.31. The lowest BCUT2D eigenvalue weighted by molar-refractivity contribution is -0.116. The minimum atomic E-state index is 0.0172. The lowest BCUT2D eigenvalue weighted by Crippen LogP contribution is -2.19. The van der Waals surface area contributed by atoms with Gasteiger partial charge >= 0.3 is 0 Å². The maximum Gasteiger partial charge on any atom is 0.243 e. The van der Waals surface area contributed by atoms with Gasteiger partial charge in [-0.05, 0) is 19.4 Å². The third kappa shape index (κ3) is 7.10. The van der Waals surface area contributed by atoms with Gasteiger partial charge in [0.15, 0.2) is 0 Å². The summed E-state index contributed by atoms with van der Waals surface area (Å²) in [6.45, 7) is 4.76. The third-order valence-electron chi connectivity index (χ3n) is 1.34. The summed E-state index contributed by atoms with van der Waals surface area (Å²) in [6, 6.07) is 0. The molecule has 0 spiro atoms. The molecule has 0 fully saturated rings. The first-order valence-corrected chi connectivity index (χ1v) is 4.25. The van der Waals surface area contributed by atoms with E-state index in [0.29, 0.717) is 6.54 Å². The Morgan fingerprint density at radius 2 is 2.18 bits per heavy atom. The number of unbranched alkanes of at least 4 members (excludes halogenated alkanes) is 2. The number of allylic oxidation sites excluding steroid dienone is 1. The molecule has 0 aromatic carbocycles. The number of likely N-dealkylation sites (N-methyl/N-ethyl adjacent to an activating group) is 1. The fourth-order valence-electron chi connectivity index (χ4n) is 0.746. The van der Waals surface area contributed by atoms with Gasteiger partial charge in [0.25, 0.3) is 0 Å². The first kappa shape index (κ1) is 10.2. The molecule has 0 aliphatic heterocycles. The van der Waals surface area contributed by atoms with E-state index in [2.05, 4.69) is 12.2 Å². The summed E-state index contributed by atoms with van der Waals surface area (Å²) in [5, 5.41) is 2.70. The number of amides is 1. The number of hydrogen-bond acceptors (Lipinski definition) is 1. The zero-order chi connectivity index (χ0) is 8.53. The van der Waals surface area contributed by atoms with Crippen molar-refractivity contribution in [2.75, 3.05) is 6.54 Å². The van der Waals surface area contributed by atoms with Crippen molar-refractivity contribution >= 4 is 5.91 Å². The van der Waals surface area contributed by atoms with E-state index in [9.17, 15) is 4.79 Å². The van der Waals surface area contributed by atoms with Crippen molar-refractivity contribution in [3.63, 3.8) is 0 Å². The van der Waals surface area contributed by atoms with Gasteiger partial charge in [-0.3, -0.25) is 4.79 Å². The van der Waals surface area contributed by atoms with E-state index >= 15 is 0 Å². The van der Waals surface area contributed by atoms with Gasteiger partial charge in [0.05, 0.1) is 0 Å². The van der Waals surface area contributed by atoms with E-state index in [-0.39, 0.29) is 5.91 Å². The van der Waals surface area contributed by atoms with Gasteiger partial charge in [0.1, 0.15) is 0 Å². The van der Waals surface area contributed by atoms with Gasteiger partial charge in [0.2, 0.25) is 5.91 Å². The van der Waals surface area contributed by atoms with Crippen LogP contribution in [0.5, 0.6) is 0 Å². The molecule has 0 rings (SSSR count). The summed E-state index contributed by atoms with van der Waals surface area (Å²) in [5.74, 6) is 0.0172. The zero-order valence-electron chi connectivity index (χ0n) is 7.39. The number of nitrogens with one attached hydrogen (secondary N) is 1. The molecule has 0 radical (unpaired) electrons. The molecular formula is C9H17NO. The molecule has 0 aliphatic rings. The molecule has 0 aromatic heterocycles. The van der Waals surface area contributed by atoms with Crippen LogP contribution < -0.4 is 5.32 Å². The number of carbonyl (C=O) groups is 1. The molecule has 2 heteroatoms. The highest BCUT2D eigenvalue weighted by Gasteiger charge is 1.88. The lowest BCUT2D eigenvalue weighted by Gasteiger charge is -1.93. The quantitative estimate of drug-likeness (QED) is 0.476. The van der Waals surface area contributed by atoms with Crippen molar-refractivity contribution in [3.05, 3.63) is 12.2 Å². The molecule has 0 heterocycles. The smallest absolute Gasteiger partial charge is 0.243 e. The van der Waals surface area contributed by atoms with E-state index in [1.54, 1.807) is 6.08 Å². The summed E-state index contributed by atoms with van der Waals surface area (Å²) >= 11 is 0. The summed E-state index contributed by atoms with van der Waals surface area (Å²) in [5.41, 5.74) is 0. The van der Waals surface area contributed by atoms with Crippen molar-refractivity contribution in [3.8, 4) is 0 Å². The maximum absolute atomic E-state index is 10.8. The topological polar surface area (TPSA) is 29.1 Å². The van der Waals surface area contributed by atoms with Gasteiger partial charge < -0.3 is 5.32 Å².